The maximum absolute atomic E-state index is 4.22. The first-order valence-corrected chi connectivity index (χ1v) is 6.36. The summed E-state index contributed by atoms with van der Waals surface area (Å²) in [6, 6.07) is 1.34. The summed E-state index contributed by atoms with van der Waals surface area (Å²) in [5.41, 5.74) is 0. The zero-order valence-electron chi connectivity index (χ0n) is 9.29. The lowest BCUT2D eigenvalue weighted by atomic mass is 9.98. The van der Waals surface area contributed by atoms with E-state index >= 15 is 0 Å². The fraction of sp³-hybridized carbons (Fsp3) is 0.909. The Balaban J connectivity index is 2.60. The van der Waals surface area contributed by atoms with E-state index in [0.717, 1.165) is 11.8 Å². The molecule has 0 radical (unpaired) electrons. The molecule has 0 spiro atoms. The Bertz CT molecular complexity index is 140. The highest BCUT2D eigenvalue weighted by atomic mass is 32.2. The van der Waals surface area contributed by atoms with Crippen LogP contribution in [-0.2, 0) is 0 Å². The van der Waals surface area contributed by atoms with Gasteiger partial charge in [-0.15, -0.1) is 0 Å². The number of rotatable bonds is 2. The van der Waals surface area contributed by atoms with Crippen molar-refractivity contribution < 1.29 is 0 Å². The summed E-state index contributed by atoms with van der Waals surface area (Å²) in [6.45, 7) is 9.19. The second kappa shape index (κ2) is 4.70. The van der Waals surface area contributed by atoms with Crippen LogP contribution in [-0.4, -0.2) is 28.5 Å². The molecule has 0 bridgehead atoms. The van der Waals surface area contributed by atoms with Gasteiger partial charge in [-0.1, -0.05) is 27.7 Å². The molecule has 1 heterocycles. The number of hydrogen-bond donors (Lipinski definition) is 0. The molecule has 1 rings (SSSR count). The van der Waals surface area contributed by atoms with Crippen molar-refractivity contribution in [1.82, 2.24) is 4.90 Å². The van der Waals surface area contributed by atoms with Crippen LogP contribution in [0.3, 0.4) is 0 Å². The molecular formula is C11H22NS-. The van der Waals surface area contributed by atoms with Crippen LogP contribution in [0, 0.1) is 18.9 Å². The first-order chi connectivity index (χ1) is 6.04. The normalized spacial score (nSPS) is 31.6. The molecule has 78 valence electrons. The van der Waals surface area contributed by atoms with Crippen LogP contribution in [0.1, 0.15) is 27.7 Å². The quantitative estimate of drug-likeness (QED) is 0.631. The van der Waals surface area contributed by atoms with Crippen LogP contribution in [0.5, 0.6) is 0 Å². The molecule has 0 amide bonds. The smallest absolute Gasteiger partial charge is 0.00684 e. The van der Waals surface area contributed by atoms with E-state index in [9.17, 15) is 0 Å². The number of nitrogens with zero attached hydrogens (tertiary/aromatic N) is 1. The molecule has 1 fully saturated rings. The van der Waals surface area contributed by atoms with Crippen molar-refractivity contribution in [3.63, 3.8) is 0 Å². The number of hydrogen-bond acceptors (Lipinski definition) is 2. The minimum atomic E-state index is 0.672. The molecule has 1 nitrogen and oxygen atoms in total. The van der Waals surface area contributed by atoms with Crippen molar-refractivity contribution in [3.05, 3.63) is 7.05 Å². The summed E-state index contributed by atoms with van der Waals surface area (Å²) < 4.78 is 0. The Morgan fingerprint density at radius 2 is 1.46 bits per heavy atom. The van der Waals surface area contributed by atoms with Crippen molar-refractivity contribution >= 4 is 11.8 Å². The van der Waals surface area contributed by atoms with E-state index in [1.807, 2.05) is 0 Å². The Morgan fingerprint density at radius 3 is 1.77 bits per heavy atom. The van der Waals surface area contributed by atoms with Crippen LogP contribution < -0.4 is 0 Å². The van der Waals surface area contributed by atoms with Crippen molar-refractivity contribution in [1.29, 1.82) is 0 Å². The van der Waals surface area contributed by atoms with E-state index in [1.165, 1.54) is 11.5 Å². The Morgan fingerprint density at radius 1 is 1.08 bits per heavy atom. The largest absolute Gasteiger partial charge is 0.452 e. The molecule has 1 saturated heterocycles. The summed E-state index contributed by atoms with van der Waals surface area (Å²) in [7, 11) is 4.22. The highest BCUT2D eigenvalue weighted by Crippen LogP contribution is 2.28. The first kappa shape index (κ1) is 11.4. The highest BCUT2D eigenvalue weighted by molar-refractivity contribution is 7.99. The predicted molar refractivity (Wildman–Crippen MR) is 61.8 cm³/mol. The molecule has 0 aromatic heterocycles. The third-order valence-corrected chi connectivity index (χ3v) is 4.12. The molecule has 0 aromatic rings. The first-order valence-electron chi connectivity index (χ1n) is 5.20. The molecular weight excluding hydrogens is 178 g/mol. The zero-order chi connectivity index (χ0) is 10.0. The second-order valence-corrected chi connectivity index (χ2v) is 5.75. The van der Waals surface area contributed by atoms with Crippen LogP contribution >= 0.6 is 11.8 Å². The Labute approximate surface area is 87.3 Å². The third kappa shape index (κ3) is 2.63. The maximum atomic E-state index is 4.22. The molecule has 1 aliphatic rings. The van der Waals surface area contributed by atoms with E-state index < -0.39 is 0 Å². The van der Waals surface area contributed by atoms with Gasteiger partial charge in [0.1, 0.15) is 0 Å². The molecule has 0 unspecified atom stereocenters. The topological polar surface area (TPSA) is 3.24 Å². The van der Waals surface area contributed by atoms with Crippen molar-refractivity contribution in [2.45, 2.75) is 39.8 Å². The summed E-state index contributed by atoms with van der Waals surface area (Å²) in [4.78, 5) is 2.35. The van der Waals surface area contributed by atoms with Crippen LogP contribution in [0.15, 0.2) is 0 Å². The van der Waals surface area contributed by atoms with Gasteiger partial charge in [-0.05, 0) is 23.9 Å². The van der Waals surface area contributed by atoms with Gasteiger partial charge in [0.2, 0.25) is 0 Å². The monoisotopic (exact) mass is 200 g/mol. The van der Waals surface area contributed by atoms with E-state index in [0.29, 0.717) is 12.1 Å². The van der Waals surface area contributed by atoms with E-state index in [1.54, 1.807) is 0 Å². The van der Waals surface area contributed by atoms with Gasteiger partial charge < -0.3 is 4.90 Å². The van der Waals surface area contributed by atoms with Gasteiger partial charge in [0, 0.05) is 11.5 Å². The maximum Gasteiger partial charge on any atom is 0.00684 e. The highest BCUT2D eigenvalue weighted by Gasteiger charge is 2.27. The van der Waals surface area contributed by atoms with Gasteiger partial charge in [0.05, 0.1) is 0 Å². The average molecular weight is 200 g/mol. The molecule has 2 atom stereocenters. The van der Waals surface area contributed by atoms with Gasteiger partial charge >= 0.3 is 0 Å². The molecule has 0 saturated carbocycles. The standard InChI is InChI=1S/C11H22NS/c1-8(2)10-6-13-7-11(9(3)4)12(10)5/h8-11H,5-7H2,1-4H3/q-1/t10-,11+. The van der Waals surface area contributed by atoms with Crippen LogP contribution in [0.2, 0.25) is 0 Å². The van der Waals surface area contributed by atoms with Crippen LogP contribution in [0.25, 0.3) is 0 Å². The Hall–Kier alpha value is 0.310. The van der Waals surface area contributed by atoms with Gasteiger partial charge in [-0.2, -0.15) is 11.8 Å². The second-order valence-electron chi connectivity index (χ2n) is 4.67. The predicted octanol–water partition coefficient (Wildman–Crippen LogP) is 2.88. The van der Waals surface area contributed by atoms with E-state index in [-0.39, 0.29) is 0 Å². The fourth-order valence-corrected chi connectivity index (χ4v) is 3.67. The molecule has 0 aromatic carbocycles. The van der Waals surface area contributed by atoms with Crippen molar-refractivity contribution in [2.24, 2.45) is 11.8 Å². The van der Waals surface area contributed by atoms with Crippen molar-refractivity contribution in [3.8, 4) is 0 Å². The molecule has 2 heteroatoms. The lowest BCUT2D eigenvalue weighted by molar-refractivity contribution is 0.148. The summed E-state index contributed by atoms with van der Waals surface area (Å²) in [5, 5.41) is 0. The van der Waals surface area contributed by atoms with Gasteiger partial charge in [0.15, 0.2) is 0 Å². The average Bonchev–Trinajstić information content (AvgIpc) is 2.03. The molecule has 1 aliphatic heterocycles. The molecule has 0 aliphatic carbocycles. The summed E-state index contributed by atoms with van der Waals surface area (Å²) in [6.07, 6.45) is 0. The third-order valence-electron chi connectivity index (χ3n) is 2.97. The van der Waals surface area contributed by atoms with Gasteiger partial charge in [0.25, 0.3) is 0 Å². The fourth-order valence-electron chi connectivity index (χ4n) is 1.90. The summed E-state index contributed by atoms with van der Waals surface area (Å²) >= 11 is 2.09. The number of thioether (sulfide) groups is 1. The van der Waals surface area contributed by atoms with Gasteiger partial charge in [-0.3, -0.25) is 7.05 Å². The lowest BCUT2D eigenvalue weighted by Crippen LogP contribution is -2.50. The Kier molecular flexibility index (Phi) is 4.11. The lowest BCUT2D eigenvalue weighted by Gasteiger charge is -2.49. The molecule has 13 heavy (non-hydrogen) atoms. The zero-order valence-corrected chi connectivity index (χ0v) is 10.1. The van der Waals surface area contributed by atoms with Crippen LogP contribution in [0.4, 0.5) is 0 Å². The SMILES string of the molecule is [CH2-]N1[C@@H](C(C)C)CSC[C@H]1C(C)C. The minimum Gasteiger partial charge on any atom is -0.452 e. The van der Waals surface area contributed by atoms with Gasteiger partial charge in [-0.25, -0.2) is 0 Å². The van der Waals surface area contributed by atoms with Crippen molar-refractivity contribution in [2.75, 3.05) is 11.5 Å². The van der Waals surface area contributed by atoms with E-state index in [4.69, 9.17) is 0 Å². The summed E-state index contributed by atoms with van der Waals surface area (Å²) in [5.74, 6) is 3.97. The van der Waals surface area contributed by atoms with E-state index in [2.05, 4.69) is 51.4 Å². The molecule has 0 N–H and O–H groups in total. The minimum absolute atomic E-state index is 0.672.